The molecule has 0 aliphatic rings. The summed E-state index contributed by atoms with van der Waals surface area (Å²) in [5.41, 5.74) is 0.547. The van der Waals surface area contributed by atoms with Gasteiger partial charge in [-0.2, -0.15) is 0 Å². The second-order valence-corrected chi connectivity index (χ2v) is 8.60. The fourth-order valence-corrected chi connectivity index (χ4v) is 3.16. The van der Waals surface area contributed by atoms with Gasteiger partial charge >= 0.3 is 5.97 Å². The van der Waals surface area contributed by atoms with E-state index >= 15 is 0 Å². The third-order valence-corrected chi connectivity index (χ3v) is 5.05. The van der Waals surface area contributed by atoms with E-state index in [4.69, 9.17) is 11.5 Å². The van der Waals surface area contributed by atoms with Gasteiger partial charge in [-0.25, -0.2) is 23.5 Å². The maximum absolute atomic E-state index is 13.2. The molecule has 4 aromatic rings. The zero-order valence-electron chi connectivity index (χ0n) is 21.1. The van der Waals surface area contributed by atoms with Crippen LogP contribution in [0, 0.1) is 24.0 Å². The predicted molar refractivity (Wildman–Crippen MR) is 145 cm³/mol. The molecule has 0 aliphatic carbocycles. The fraction of sp³-hybridized carbons (Fsp3) is 0.103. The zero-order chi connectivity index (χ0) is 28.4. The van der Waals surface area contributed by atoms with Gasteiger partial charge in [-0.05, 0) is 74.5 Å². The van der Waals surface area contributed by atoms with E-state index in [1.807, 2.05) is 0 Å². The molecule has 0 saturated carbocycles. The molecule has 0 bridgehead atoms. The molecular weight excluding hydrogens is 504 g/mol. The average Bonchev–Trinajstić information content (AvgIpc) is 2.89. The normalized spacial score (nSPS) is 10.3. The Hall–Kier alpha value is -5.30. The van der Waals surface area contributed by atoms with Gasteiger partial charge in [0.2, 0.25) is 0 Å². The monoisotopic (exact) mass is 529 g/mol. The summed E-state index contributed by atoms with van der Waals surface area (Å²) in [7, 11) is 0. The predicted octanol–water partition coefficient (Wildman–Crippen LogP) is 5.77. The minimum absolute atomic E-state index is 0.0387. The molecule has 8 nitrogen and oxygen atoms in total. The Bertz CT molecular complexity index is 1520. The fourth-order valence-electron chi connectivity index (χ4n) is 3.16. The Morgan fingerprint density at radius 2 is 1.31 bits per heavy atom. The van der Waals surface area contributed by atoms with Gasteiger partial charge in [0.05, 0.1) is 11.1 Å². The van der Waals surface area contributed by atoms with E-state index in [0.29, 0.717) is 22.8 Å². The molecule has 0 radical (unpaired) electrons. The summed E-state index contributed by atoms with van der Waals surface area (Å²) in [5.74, 6) is 0.801. The lowest BCUT2D eigenvalue weighted by atomic mass is 10.1. The number of halogens is 2. The van der Waals surface area contributed by atoms with Gasteiger partial charge in [-0.15, -0.1) is 6.42 Å². The van der Waals surface area contributed by atoms with Gasteiger partial charge in [0.1, 0.15) is 28.8 Å². The molecule has 2 aromatic carbocycles. The molecule has 0 atom stereocenters. The van der Waals surface area contributed by atoms with Gasteiger partial charge in [0, 0.05) is 23.8 Å². The number of carboxylic acid groups (broad SMARTS) is 1. The molecular formula is C29H25F2N5O3. The lowest BCUT2D eigenvalue weighted by Crippen LogP contribution is -2.42. The molecule has 0 unspecified atom stereocenters. The summed E-state index contributed by atoms with van der Waals surface area (Å²) in [5, 5.41) is 17.4. The first kappa shape index (κ1) is 28.3. The highest BCUT2D eigenvalue weighted by Gasteiger charge is 2.20. The first-order chi connectivity index (χ1) is 18.6. The molecule has 10 heteroatoms. The van der Waals surface area contributed by atoms with Crippen molar-refractivity contribution in [2.75, 3.05) is 10.6 Å². The maximum Gasteiger partial charge on any atom is 0.339 e. The number of hydrogen-bond donors (Lipinski definition) is 4. The Balaban J connectivity index is 0.000000223. The lowest BCUT2D eigenvalue weighted by molar-refractivity contribution is 0.0697. The van der Waals surface area contributed by atoms with Crippen molar-refractivity contribution in [2.24, 2.45) is 0 Å². The van der Waals surface area contributed by atoms with E-state index in [0.717, 1.165) is 0 Å². The van der Waals surface area contributed by atoms with Crippen LogP contribution in [0.1, 0.15) is 34.6 Å². The molecule has 1 amide bonds. The number of nitrogens with zero attached hydrogens (tertiary/aromatic N) is 2. The number of amides is 1. The van der Waals surface area contributed by atoms with E-state index in [1.54, 1.807) is 50.4 Å². The number of carboxylic acids is 1. The van der Waals surface area contributed by atoms with Gasteiger partial charge < -0.3 is 21.1 Å². The first-order valence-corrected chi connectivity index (χ1v) is 11.6. The van der Waals surface area contributed by atoms with Crippen molar-refractivity contribution >= 4 is 34.9 Å². The van der Waals surface area contributed by atoms with E-state index < -0.39 is 17.3 Å². The van der Waals surface area contributed by atoms with E-state index in [9.17, 15) is 18.4 Å². The molecule has 198 valence electrons. The lowest BCUT2D eigenvalue weighted by Gasteiger charge is -2.20. The molecule has 39 heavy (non-hydrogen) atoms. The van der Waals surface area contributed by atoms with Crippen LogP contribution in [0.25, 0.3) is 0 Å². The standard InChI is InChI=1S/C17H16FN3O.C12H9FN2O2/c1-4-17(2,3)21-16(22)14-9-6-10-19-15(14)20-13-8-5-7-12(18)11-13;13-8-3-1-4-9(7-8)15-11-10(12(16)17)5-2-6-14-11/h1,5-11H,2-3H3,(H,19,20)(H,21,22);1-7H,(H,14,15)(H,16,17). The average molecular weight is 530 g/mol. The van der Waals surface area contributed by atoms with Crippen molar-refractivity contribution in [3.63, 3.8) is 0 Å². The summed E-state index contributed by atoms with van der Waals surface area (Å²) >= 11 is 0. The SMILES string of the molecule is C#CC(C)(C)NC(=O)c1cccnc1Nc1cccc(F)c1.O=C(O)c1cccnc1Nc1cccc(F)c1. The van der Waals surface area contributed by atoms with Crippen LogP contribution in [0.2, 0.25) is 0 Å². The van der Waals surface area contributed by atoms with Gasteiger partial charge in [0.15, 0.2) is 0 Å². The van der Waals surface area contributed by atoms with Crippen LogP contribution in [0.3, 0.4) is 0 Å². The minimum atomic E-state index is -1.09. The van der Waals surface area contributed by atoms with Crippen molar-refractivity contribution in [1.29, 1.82) is 0 Å². The molecule has 2 aromatic heterocycles. The number of carbonyl (C=O) groups excluding carboxylic acids is 1. The van der Waals surface area contributed by atoms with E-state index in [1.165, 1.54) is 48.7 Å². The number of benzene rings is 2. The van der Waals surface area contributed by atoms with Crippen LogP contribution in [0.5, 0.6) is 0 Å². The Labute approximate surface area is 224 Å². The molecule has 0 aliphatic heterocycles. The first-order valence-electron chi connectivity index (χ1n) is 11.6. The Kier molecular flexibility index (Phi) is 9.27. The van der Waals surface area contributed by atoms with Crippen molar-refractivity contribution in [2.45, 2.75) is 19.4 Å². The second kappa shape index (κ2) is 12.8. The summed E-state index contributed by atoms with van der Waals surface area (Å²) in [6.45, 7) is 3.45. The van der Waals surface area contributed by atoms with Gasteiger partial charge in [-0.3, -0.25) is 4.79 Å². The Morgan fingerprint density at radius 3 is 1.77 bits per heavy atom. The van der Waals surface area contributed by atoms with Crippen molar-refractivity contribution in [3.8, 4) is 12.3 Å². The van der Waals surface area contributed by atoms with Crippen LogP contribution in [0.15, 0.2) is 85.2 Å². The number of hydrogen-bond acceptors (Lipinski definition) is 6. The Morgan fingerprint density at radius 1 is 0.821 bits per heavy atom. The molecule has 0 saturated heterocycles. The number of anilines is 4. The number of rotatable bonds is 7. The third-order valence-electron chi connectivity index (χ3n) is 5.05. The molecule has 0 spiro atoms. The van der Waals surface area contributed by atoms with Gasteiger partial charge in [-0.1, -0.05) is 18.1 Å². The number of aromatic carboxylic acids is 1. The maximum atomic E-state index is 13.2. The van der Waals surface area contributed by atoms with Crippen LogP contribution in [0.4, 0.5) is 31.8 Å². The van der Waals surface area contributed by atoms with Crippen molar-refractivity contribution in [1.82, 2.24) is 15.3 Å². The van der Waals surface area contributed by atoms with E-state index in [-0.39, 0.29) is 23.1 Å². The summed E-state index contributed by atoms with van der Waals surface area (Å²) in [6.07, 6.45) is 8.39. The highest BCUT2D eigenvalue weighted by atomic mass is 19.1. The van der Waals surface area contributed by atoms with Crippen LogP contribution in [-0.2, 0) is 0 Å². The topological polar surface area (TPSA) is 116 Å². The quantitative estimate of drug-likeness (QED) is 0.225. The highest BCUT2D eigenvalue weighted by molar-refractivity contribution is 6.00. The number of nitrogens with one attached hydrogen (secondary N) is 3. The van der Waals surface area contributed by atoms with Crippen LogP contribution in [-0.4, -0.2) is 32.5 Å². The van der Waals surface area contributed by atoms with Crippen LogP contribution < -0.4 is 16.0 Å². The molecule has 4 N–H and O–H groups in total. The molecule has 4 rings (SSSR count). The largest absolute Gasteiger partial charge is 0.478 e. The third kappa shape index (κ3) is 8.36. The van der Waals surface area contributed by atoms with Crippen molar-refractivity contribution in [3.05, 3.63) is 108 Å². The zero-order valence-corrected chi connectivity index (χ0v) is 21.1. The summed E-state index contributed by atoms with van der Waals surface area (Å²) in [4.78, 5) is 31.3. The smallest absolute Gasteiger partial charge is 0.339 e. The van der Waals surface area contributed by atoms with Crippen LogP contribution >= 0.6 is 0 Å². The van der Waals surface area contributed by atoms with Gasteiger partial charge in [0.25, 0.3) is 5.91 Å². The molecule has 2 heterocycles. The number of terminal acetylenes is 1. The molecule has 0 fully saturated rings. The summed E-state index contributed by atoms with van der Waals surface area (Å²) in [6, 6.07) is 17.9. The minimum Gasteiger partial charge on any atom is -0.478 e. The number of pyridine rings is 2. The number of carbonyl (C=O) groups is 2. The second-order valence-electron chi connectivity index (χ2n) is 8.60. The highest BCUT2D eigenvalue weighted by Crippen LogP contribution is 2.20. The van der Waals surface area contributed by atoms with E-state index in [2.05, 4.69) is 31.8 Å². The number of aromatic nitrogens is 2. The summed E-state index contributed by atoms with van der Waals surface area (Å²) < 4.78 is 26.2. The van der Waals surface area contributed by atoms with Crippen molar-refractivity contribution < 1.29 is 23.5 Å².